The second kappa shape index (κ2) is 2.42. The number of nitrogens with zero attached hydrogens (tertiary/aromatic N) is 1. The van der Waals surface area contributed by atoms with Crippen LogP contribution in [0, 0.1) is 0 Å². The van der Waals surface area contributed by atoms with Crippen LogP contribution in [0.25, 0.3) is 0 Å². The molecule has 0 saturated carbocycles. The smallest absolute Gasteiger partial charge is 0.255 e. The Balaban J connectivity index is 2.10. The number of amides is 1. The summed E-state index contributed by atoms with van der Waals surface area (Å²) in [6.45, 7) is 1.63. The van der Waals surface area contributed by atoms with Crippen LogP contribution in [0.2, 0.25) is 0 Å². The van der Waals surface area contributed by atoms with E-state index in [2.05, 4.69) is 16.1 Å². The Labute approximate surface area is 64.1 Å². The summed E-state index contributed by atoms with van der Waals surface area (Å²) in [5, 5.41) is 7.41. The summed E-state index contributed by atoms with van der Waals surface area (Å²) in [5.74, 6) is -0.0613. The van der Waals surface area contributed by atoms with Crippen molar-refractivity contribution in [3.05, 3.63) is 0 Å². The third-order valence-electron chi connectivity index (χ3n) is 1.85. The lowest BCUT2D eigenvalue weighted by Crippen LogP contribution is -2.69. The third kappa shape index (κ3) is 1.10. The van der Waals surface area contributed by atoms with Crippen LogP contribution >= 0.6 is 0 Å². The minimum absolute atomic E-state index is 0.0613. The molecule has 2 saturated heterocycles. The molecule has 0 bridgehead atoms. The molecule has 0 radical (unpaired) electrons. The highest BCUT2D eigenvalue weighted by Gasteiger charge is 2.35. The number of hydrazine groups is 1. The van der Waals surface area contributed by atoms with E-state index in [4.69, 9.17) is 5.73 Å². The van der Waals surface area contributed by atoms with Crippen LogP contribution < -0.4 is 21.8 Å². The summed E-state index contributed by atoms with van der Waals surface area (Å²) in [6, 6.07) is 0. The van der Waals surface area contributed by atoms with E-state index in [-0.39, 0.29) is 12.1 Å². The maximum atomic E-state index is 11.2. The molecule has 2 aliphatic heterocycles. The van der Waals surface area contributed by atoms with E-state index in [1.807, 2.05) is 5.01 Å². The number of hydrogen-bond acceptors (Lipinski definition) is 5. The average molecular weight is 157 g/mol. The summed E-state index contributed by atoms with van der Waals surface area (Å²) >= 11 is 0. The average Bonchev–Trinajstić information content (AvgIpc) is 2.34. The molecule has 2 heterocycles. The van der Waals surface area contributed by atoms with Crippen LogP contribution in [0.4, 0.5) is 0 Å². The highest BCUT2D eigenvalue weighted by molar-refractivity contribution is 5.82. The number of nitrogens with two attached hydrogens (primary N) is 1. The third-order valence-corrected chi connectivity index (χ3v) is 1.85. The summed E-state index contributed by atoms with van der Waals surface area (Å²) in [4.78, 5) is 11.2. The van der Waals surface area contributed by atoms with Crippen LogP contribution in [0.1, 0.15) is 0 Å². The number of nitrogens with one attached hydrogen (secondary N) is 3. The molecule has 2 atom stereocenters. The van der Waals surface area contributed by atoms with E-state index in [0.29, 0.717) is 0 Å². The highest BCUT2D eigenvalue weighted by atomic mass is 16.2. The minimum atomic E-state index is -0.446. The molecule has 2 aliphatic rings. The topological polar surface area (TPSA) is 82.4 Å². The van der Waals surface area contributed by atoms with Gasteiger partial charge in [-0.3, -0.25) is 15.8 Å². The lowest BCUT2D eigenvalue weighted by molar-refractivity contribution is -0.133. The Bertz CT molecular complexity index is 184. The molecule has 0 aromatic rings. The van der Waals surface area contributed by atoms with Gasteiger partial charge >= 0.3 is 0 Å². The molecule has 0 aromatic carbocycles. The van der Waals surface area contributed by atoms with Gasteiger partial charge in [0.2, 0.25) is 0 Å². The molecular weight excluding hydrogens is 146 g/mol. The predicted molar refractivity (Wildman–Crippen MR) is 37.8 cm³/mol. The van der Waals surface area contributed by atoms with Crippen LogP contribution in [-0.2, 0) is 4.79 Å². The normalized spacial score (nSPS) is 38.5. The van der Waals surface area contributed by atoms with Crippen molar-refractivity contribution in [1.29, 1.82) is 0 Å². The Hall–Kier alpha value is -0.690. The molecule has 0 aromatic heterocycles. The van der Waals surface area contributed by atoms with Crippen LogP contribution in [0.15, 0.2) is 0 Å². The van der Waals surface area contributed by atoms with Gasteiger partial charge < -0.3 is 5.32 Å². The quantitative estimate of drug-likeness (QED) is 0.303. The first-order valence-corrected chi connectivity index (χ1v) is 3.59. The minimum Gasteiger partial charge on any atom is -0.325 e. The molecular formula is C5H11N5O. The fourth-order valence-electron chi connectivity index (χ4n) is 1.38. The van der Waals surface area contributed by atoms with E-state index >= 15 is 0 Å². The van der Waals surface area contributed by atoms with Gasteiger partial charge in [0.15, 0.2) is 6.17 Å². The molecule has 6 heteroatoms. The van der Waals surface area contributed by atoms with Crippen LogP contribution in [-0.4, -0.2) is 36.5 Å². The van der Waals surface area contributed by atoms with Crippen molar-refractivity contribution in [3.63, 3.8) is 0 Å². The summed E-state index contributed by atoms with van der Waals surface area (Å²) in [7, 11) is 0. The second-order valence-electron chi connectivity index (χ2n) is 2.67. The van der Waals surface area contributed by atoms with Gasteiger partial charge in [0.1, 0.15) is 6.29 Å². The zero-order valence-corrected chi connectivity index (χ0v) is 6.00. The number of rotatable bonds is 0. The monoisotopic (exact) mass is 157 g/mol. The Morgan fingerprint density at radius 2 is 2.45 bits per heavy atom. The predicted octanol–water partition coefficient (Wildman–Crippen LogP) is -2.91. The van der Waals surface area contributed by atoms with Crippen LogP contribution in [0.3, 0.4) is 0 Å². The van der Waals surface area contributed by atoms with Gasteiger partial charge in [-0.15, -0.1) is 0 Å². The maximum absolute atomic E-state index is 11.2. The number of carbonyl (C=O) groups excluding carboxylic acids is 1. The lowest BCUT2D eigenvalue weighted by Gasteiger charge is -2.33. The summed E-state index contributed by atoms with van der Waals surface area (Å²) in [6.07, 6.45) is -0.687. The van der Waals surface area contributed by atoms with E-state index in [0.717, 1.165) is 13.1 Å². The molecule has 5 N–H and O–H groups in total. The van der Waals surface area contributed by atoms with Crippen molar-refractivity contribution < 1.29 is 4.79 Å². The lowest BCUT2D eigenvalue weighted by atomic mass is 10.4. The van der Waals surface area contributed by atoms with Gasteiger partial charge in [0.05, 0.1) is 0 Å². The molecule has 62 valence electrons. The second-order valence-corrected chi connectivity index (χ2v) is 2.67. The molecule has 0 aliphatic carbocycles. The highest BCUT2D eigenvalue weighted by Crippen LogP contribution is 2.02. The molecule has 0 spiro atoms. The molecule has 1 amide bonds. The first-order chi connectivity index (χ1) is 5.27. The molecule has 2 unspecified atom stereocenters. The summed E-state index contributed by atoms with van der Waals surface area (Å²) in [5.41, 5.74) is 8.39. The van der Waals surface area contributed by atoms with Crippen molar-refractivity contribution in [2.45, 2.75) is 12.5 Å². The number of carbonyl (C=O) groups is 1. The molecule has 2 fully saturated rings. The largest absolute Gasteiger partial charge is 0.325 e. The van der Waals surface area contributed by atoms with E-state index in [1.165, 1.54) is 0 Å². The SMILES string of the molecule is NC1NC(=O)C2NCCN2N1. The maximum Gasteiger partial charge on any atom is 0.255 e. The van der Waals surface area contributed by atoms with Gasteiger partial charge in [-0.05, 0) is 0 Å². The van der Waals surface area contributed by atoms with Crippen molar-refractivity contribution in [3.8, 4) is 0 Å². The fourth-order valence-corrected chi connectivity index (χ4v) is 1.38. The van der Waals surface area contributed by atoms with Crippen molar-refractivity contribution in [2.75, 3.05) is 13.1 Å². The summed E-state index contributed by atoms with van der Waals surface area (Å²) < 4.78 is 0. The van der Waals surface area contributed by atoms with Crippen LogP contribution in [0.5, 0.6) is 0 Å². The van der Waals surface area contributed by atoms with E-state index < -0.39 is 6.29 Å². The molecule has 2 rings (SSSR count). The number of fused-ring (bicyclic) bond motifs is 1. The zero-order chi connectivity index (χ0) is 7.84. The number of hydrogen-bond donors (Lipinski definition) is 4. The zero-order valence-electron chi connectivity index (χ0n) is 6.00. The molecule has 6 nitrogen and oxygen atoms in total. The van der Waals surface area contributed by atoms with Gasteiger partial charge in [-0.2, -0.15) is 0 Å². The Kier molecular flexibility index (Phi) is 1.53. The van der Waals surface area contributed by atoms with Gasteiger partial charge in [-0.1, -0.05) is 0 Å². The van der Waals surface area contributed by atoms with Crippen molar-refractivity contribution >= 4 is 5.91 Å². The fraction of sp³-hybridized carbons (Fsp3) is 0.800. The van der Waals surface area contributed by atoms with Gasteiger partial charge in [-0.25, -0.2) is 10.4 Å². The van der Waals surface area contributed by atoms with Gasteiger partial charge in [0.25, 0.3) is 5.91 Å². The first kappa shape index (κ1) is 6.99. The van der Waals surface area contributed by atoms with Gasteiger partial charge in [0, 0.05) is 13.1 Å². The van der Waals surface area contributed by atoms with Crippen molar-refractivity contribution in [1.82, 2.24) is 21.1 Å². The Morgan fingerprint density at radius 3 is 3.27 bits per heavy atom. The van der Waals surface area contributed by atoms with Crippen molar-refractivity contribution in [2.24, 2.45) is 5.73 Å². The van der Waals surface area contributed by atoms with E-state index in [9.17, 15) is 4.79 Å². The Morgan fingerprint density at radius 1 is 1.64 bits per heavy atom. The first-order valence-electron chi connectivity index (χ1n) is 3.59. The van der Waals surface area contributed by atoms with E-state index in [1.54, 1.807) is 0 Å². The molecule has 11 heavy (non-hydrogen) atoms. The standard InChI is InChI=1S/C5H11N5O/c6-5-8-4(11)3-7-1-2-10(3)9-5/h3,5,7,9H,1-2,6H2,(H,8,11).